The van der Waals surface area contributed by atoms with Gasteiger partial charge in [0.15, 0.2) is 0 Å². The van der Waals surface area contributed by atoms with Gasteiger partial charge in [-0.15, -0.1) is 0 Å². The molecule has 1 aliphatic rings. The first kappa shape index (κ1) is 23.1. The van der Waals surface area contributed by atoms with Gasteiger partial charge < -0.3 is 9.80 Å². The predicted molar refractivity (Wildman–Crippen MR) is 135 cm³/mol. The molecular formula is C28H29ClN2O2. The zero-order valence-electron chi connectivity index (χ0n) is 19.2. The number of hydrogen-bond donors (Lipinski definition) is 0. The number of anilines is 2. The Morgan fingerprint density at radius 1 is 1.03 bits per heavy atom. The van der Waals surface area contributed by atoms with Crippen LogP contribution in [-0.2, 0) is 4.79 Å². The highest BCUT2D eigenvalue weighted by Crippen LogP contribution is 2.43. The average molecular weight is 461 g/mol. The summed E-state index contributed by atoms with van der Waals surface area (Å²) in [6.45, 7) is 6.08. The number of hydrogen-bond acceptors (Lipinski definition) is 2. The van der Waals surface area contributed by atoms with Crippen LogP contribution < -0.4 is 9.80 Å². The van der Waals surface area contributed by atoms with Crippen molar-refractivity contribution in [2.45, 2.75) is 45.7 Å². The summed E-state index contributed by atoms with van der Waals surface area (Å²) in [7, 11) is 0. The van der Waals surface area contributed by atoms with Crippen LogP contribution in [0.4, 0.5) is 11.4 Å². The number of benzene rings is 3. The molecule has 0 saturated heterocycles. The normalized spacial score (nSPS) is 18.4. The van der Waals surface area contributed by atoms with E-state index in [1.165, 1.54) is 0 Å². The molecule has 1 aliphatic heterocycles. The third-order valence-corrected chi connectivity index (χ3v) is 6.70. The number of nitrogens with zero attached hydrogens (tertiary/aromatic N) is 2. The molecule has 0 N–H and O–H groups in total. The van der Waals surface area contributed by atoms with E-state index in [1.807, 2.05) is 78.2 Å². The largest absolute Gasteiger partial charge is 0.309 e. The molecule has 2 amide bonds. The van der Waals surface area contributed by atoms with Gasteiger partial charge in [-0.3, -0.25) is 9.59 Å². The van der Waals surface area contributed by atoms with Crippen LogP contribution in [0.15, 0.2) is 78.9 Å². The van der Waals surface area contributed by atoms with Crippen LogP contribution in [0.2, 0.25) is 5.02 Å². The summed E-state index contributed by atoms with van der Waals surface area (Å²) >= 11 is 6.21. The van der Waals surface area contributed by atoms with Crippen LogP contribution in [0.1, 0.15) is 55.6 Å². The quantitative estimate of drug-likeness (QED) is 0.415. The lowest BCUT2D eigenvalue weighted by Gasteiger charge is -2.44. The van der Waals surface area contributed by atoms with Crippen molar-refractivity contribution < 1.29 is 9.59 Å². The molecule has 0 bridgehead atoms. The van der Waals surface area contributed by atoms with Gasteiger partial charge in [0.05, 0.1) is 6.04 Å². The second-order valence-electron chi connectivity index (χ2n) is 8.70. The average Bonchev–Trinajstić information content (AvgIpc) is 2.84. The number of halogens is 1. The molecular weight excluding hydrogens is 432 g/mol. The highest BCUT2D eigenvalue weighted by atomic mass is 35.5. The maximum atomic E-state index is 13.9. The first-order chi connectivity index (χ1) is 15.9. The number of amides is 2. The van der Waals surface area contributed by atoms with Crippen molar-refractivity contribution in [2.75, 3.05) is 9.80 Å². The van der Waals surface area contributed by atoms with Gasteiger partial charge in [0.25, 0.3) is 5.91 Å². The molecule has 3 atom stereocenters. The molecule has 33 heavy (non-hydrogen) atoms. The number of carbonyl (C=O) groups is 2. The lowest BCUT2D eigenvalue weighted by atomic mass is 9.88. The second-order valence-corrected chi connectivity index (χ2v) is 9.13. The van der Waals surface area contributed by atoms with E-state index in [0.29, 0.717) is 17.0 Å². The van der Waals surface area contributed by atoms with Gasteiger partial charge in [0.1, 0.15) is 0 Å². The summed E-state index contributed by atoms with van der Waals surface area (Å²) in [5, 5.41) is 0.525. The fraction of sp³-hybridized carbons (Fsp3) is 0.286. The van der Waals surface area contributed by atoms with E-state index in [-0.39, 0.29) is 29.8 Å². The molecule has 170 valence electrons. The van der Waals surface area contributed by atoms with Gasteiger partial charge in [-0.25, -0.2) is 0 Å². The van der Waals surface area contributed by atoms with Gasteiger partial charge >= 0.3 is 0 Å². The van der Waals surface area contributed by atoms with Crippen LogP contribution in [0.5, 0.6) is 0 Å². The van der Waals surface area contributed by atoms with Gasteiger partial charge in [-0.2, -0.15) is 0 Å². The maximum Gasteiger partial charge on any atom is 0.258 e. The van der Waals surface area contributed by atoms with Gasteiger partial charge in [-0.1, -0.05) is 67.9 Å². The Hall–Kier alpha value is -3.11. The SMILES string of the molecule is CC[C@H](C)C(=O)N1c2ccccc2[C@@H](N(C(=O)c2cccc(Cl)c2)c2ccccc2)C[C@@H]1C. The van der Waals surface area contributed by atoms with Crippen molar-refractivity contribution >= 4 is 34.8 Å². The van der Waals surface area contributed by atoms with Gasteiger partial charge in [0.2, 0.25) is 5.91 Å². The molecule has 5 heteroatoms. The van der Waals surface area contributed by atoms with E-state index in [1.54, 1.807) is 24.3 Å². The van der Waals surface area contributed by atoms with Crippen LogP contribution in [0.3, 0.4) is 0 Å². The van der Waals surface area contributed by atoms with Crippen LogP contribution in [0, 0.1) is 5.92 Å². The molecule has 4 rings (SSSR count). The number of para-hydroxylation sites is 2. The smallest absolute Gasteiger partial charge is 0.258 e. The van der Waals surface area contributed by atoms with Crippen LogP contribution in [0.25, 0.3) is 0 Å². The number of carbonyl (C=O) groups excluding carboxylic acids is 2. The van der Waals surface area contributed by atoms with E-state index >= 15 is 0 Å². The molecule has 1 heterocycles. The minimum absolute atomic E-state index is 0.0511. The third kappa shape index (κ3) is 4.53. The fourth-order valence-corrected chi connectivity index (χ4v) is 4.75. The molecule has 0 aliphatic carbocycles. The minimum Gasteiger partial charge on any atom is -0.309 e. The fourth-order valence-electron chi connectivity index (χ4n) is 4.56. The van der Waals surface area contributed by atoms with E-state index in [2.05, 4.69) is 6.92 Å². The number of fused-ring (bicyclic) bond motifs is 1. The lowest BCUT2D eigenvalue weighted by molar-refractivity contribution is -0.122. The van der Waals surface area contributed by atoms with Crippen LogP contribution >= 0.6 is 11.6 Å². The molecule has 0 saturated carbocycles. The van der Waals surface area contributed by atoms with Crippen molar-refractivity contribution in [1.29, 1.82) is 0 Å². The van der Waals surface area contributed by atoms with Gasteiger partial charge in [-0.05, 0) is 61.7 Å². The maximum absolute atomic E-state index is 13.9. The Kier molecular flexibility index (Phi) is 6.85. The van der Waals surface area contributed by atoms with Crippen molar-refractivity contribution in [3.63, 3.8) is 0 Å². The van der Waals surface area contributed by atoms with E-state index in [9.17, 15) is 9.59 Å². The molecule has 0 unspecified atom stereocenters. The first-order valence-electron chi connectivity index (χ1n) is 11.5. The Bertz CT molecular complexity index is 1150. The Morgan fingerprint density at radius 2 is 1.73 bits per heavy atom. The van der Waals surface area contributed by atoms with Crippen LogP contribution in [-0.4, -0.2) is 17.9 Å². The lowest BCUT2D eigenvalue weighted by Crippen LogP contribution is -2.49. The van der Waals surface area contributed by atoms with Crippen molar-refractivity contribution in [1.82, 2.24) is 0 Å². The Labute approximate surface area is 200 Å². The number of rotatable bonds is 5. The second kappa shape index (κ2) is 9.80. The molecule has 3 aromatic rings. The summed E-state index contributed by atoms with van der Waals surface area (Å²) in [5.74, 6) is -0.0453. The molecule has 3 aromatic carbocycles. The van der Waals surface area contributed by atoms with Gasteiger partial charge in [0, 0.05) is 33.9 Å². The monoisotopic (exact) mass is 460 g/mol. The van der Waals surface area contributed by atoms with E-state index in [4.69, 9.17) is 11.6 Å². The summed E-state index contributed by atoms with van der Waals surface area (Å²) in [4.78, 5) is 30.9. The van der Waals surface area contributed by atoms with Crippen molar-refractivity contribution in [3.8, 4) is 0 Å². The molecule has 0 aromatic heterocycles. The summed E-state index contributed by atoms with van der Waals surface area (Å²) < 4.78 is 0. The minimum atomic E-state index is -0.217. The molecule has 0 fully saturated rings. The highest BCUT2D eigenvalue weighted by Gasteiger charge is 2.39. The Morgan fingerprint density at radius 3 is 2.42 bits per heavy atom. The Balaban J connectivity index is 1.83. The summed E-state index contributed by atoms with van der Waals surface area (Å²) in [5.41, 5.74) is 3.21. The van der Waals surface area contributed by atoms with Crippen molar-refractivity contribution in [2.24, 2.45) is 5.92 Å². The zero-order valence-corrected chi connectivity index (χ0v) is 20.0. The van der Waals surface area contributed by atoms with E-state index < -0.39 is 0 Å². The third-order valence-electron chi connectivity index (χ3n) is 6.47. The molecule has 0 radical (unpaired) electrons. The zero-order chi connectivity index (χ0) is 23.5. The predicted octanol–water partition coefficient (Wildman–Crippen LogP) is 6.90. The summed E-state index contributed by atoms with van der Waals surface area (Å²) in [6.07, 6.45) is 1.43. The van der Waals surface area contributed by atoms with Crippen molar-refractivity contribution in [3.05, 3.63) is 95.0 Å². The topological polar surface area (TPSA) is 40.6 Å². The standard InChI is InChI=1S/C28H29ClN2O2/c1-4-19(2)27(32)30-20(3)17-26(24-15-8-9-16-25(24)30)31(23-13-6-5-7-14-23)28(33)21-11-10-12-22(29)18-21/h5-16,18-20,26H,4,17H2,1-3H3/t19-,20-,26-/m0/s1. The first-order valence-corrected chi connectivity index (χ1v) is 11.9. The molecule has 4 nitrogen and oxygen atoms in total. The van der Waals surface area contributed by atoms with E-state index in [0.717, 1.165) is 23.4 Å². The summed E-state index contributed by atoms with van der Waals surface area (Å²) in [6, 6.07) is 24.5. The molecule has 0 spiro atoms. The highest BCUT2D eigenvalue weighted by molar-refractivity contribution is 6.31.